The second kappa shape index (κ2) is 13.0. The van der Waals surface area contributed by atoms with E-state index in [0.29, 0.717) is 0 Å². The molecule has 1 aliphatic carbocycles. The van der Waals surface area contributed by atoms with Gasteiger partial charge in [-0.2, -0.15) is 6.08 Å². The van der Waals surface area contributed by atoms with Gasteiger partial charge in [0.05, 0.1) is 0 Å². The van der Waals surface area contributed by atoms with E-state index < -0.39 is 0 Å². The summed E-state index contributed by atoms with van der Waals surface area (Å²) < 4.78 is 1.46. The molecule has 0 N–H and O–H groups in total. The normalized spacial score (nSPS) is 10.9. The van der Waals surface area contributed by atoms with Crippen LogP contribution >= 0.6 is 0 Å². The Balaban J connectivity index is 0.000000231. The number of halogens is 2. The summed E-state index contributed by atoms with van der Waals surface area (Å²) in [5.41, 5.74) is 1.37. The number of allylic oxidation sites excluding steroid dienone is 4. The Hall–Kier alpha value is -2.38. The summed E-state index contributed by atoms with van der Waals surface area (Å²) in [4.78, 5) is 0. The Morgan fingerprint density at radius 1 is 0.793 bits per heavy atom. The number of fused-ring (bicyclic) bond motifs is 3. The zero-order valence-electron chi connectivity index (χ0n) is 16.3. The number of hydrogen-bond acceptors (Lipinski definition) is 0. The molecule has 0 radical (unpaired) electrons. The predicted octanol–water partition coefficient (Wildman–Crippen LogP) is 7.10. The summed E-state index contributed by atoms with van der Waals surface area (Å²) >= 11 is 1.51. The van der Waals surface area contributed by atoms with Gasteiger partial charge in [-0.05, 0) is 0 Å². The molecule has 0 heterocycles. The van der Waals surface area contributed by atoms with Gasteiger partial charge in [-0.3, -0.25) is 15.5 Å². The molecule has 0 spiro atoms. The largest absolute Gasteiger partial charge is 0.273 e. The summed E-state index contributed by atoms with van der Waals surface area (Å²) in [6.45, 7) is 2.16. The summed E-state index contributed by atoms with van der Waals surface area (Å²) in [5, 5.41) is 5.39. The zero-order chi connectivity index (χ0) is 18.9. The van der Waals surface area contributed by atoms with E-state index >= 15 is 0 Å². The maximum absolute atomic E-state index is 2.99. The van der Waals surface area contributed by atoms with E-state index in [1.165, 1.54) is 54.5 Å². The predicted molar refractivity (Wildman–Crippen MR) is 120 cm³/mol. The average Bonchev–Trinajstić information content (AvgIpc) is 3.41. The van der Waals surface area contributed by atoms with E-state index in [2.05, 4.69) is 97.9 Å². The van der Waals surface area contributed by atoms with Crippen LogP contribution in [0.2, 0.25) is 0 Å². The van der Waals surface area contributed by atoms with E-state index in [4.69, 9.17) is 0 Å². The van der Waals surface area contributed by atoms with Gasteiger partial charge in [-0.25, -0.2) is 12.2 Å². The van der Waals surface area contributed by atoms with Gasteiger partial charge >= 0.3 is 70.3 Å². The summed E-state index contributed by atoms with van der Waals surface area (Å²) in [6, 6.07) is 29.7. The maximum Gasteiger partial charge on any atom is -0.0771 e. The van der Waals surface area contributed by atoms with Crippen molar-refractivity contribution in [1.82, 2.24) is 0 Å². The van der Waals surface area contributed by atoms with Crippen LogP contribution in [0.5, 0.6) is 0 Å². The van der Waals surface area contributed by atoms with Crippen molar-refractivity contribution in [2.75, 3.05) is 0 Å². The third-order valence-corrected chi connectivity index (χ3v) is 5.02. The molecule has 4 aromatic carbocycles. The van der Waals surface area contributed by atoms with Crippen molar-refractivity contribution in [2.24, 2.45) is 0 Å². The molecule has 4 aromatic rings. The Kier molecular flexibility index (Phi) is 11.0. The molecule has 0 aliphatic heterocycles. The fourth-order valence-electron chi connectivity index (χ4n) is 2.93. The van der Waals surface area contributed by atoms with Gasteiger partial charge in [0, 0.05) is 0 Å². The molecule has 0 unspecified atom stereocenters. The van der Waals surface area contributed by atoms with E-state index in [9.17, 15) is 0 Å². The van der Waals surface area contributed by atoms with Crippen LogP contribution in [-0.2, 0) is 24.2 Å². The smallest absolute Gasteiger partial charge is 0.0771 e. The molecule has 146 valence electrons. The van der Waals surface area contributed by atoms with Crippen LogP contribution in [0.3, 0.4) is 0 Å². The van der Waals surface area contributed by atoms with E-state index in [0.717, 1.165) is 6.42 Å². The molecule has 0 atom stereocenters. The zero-order valence-corrected chi connectivity index (χ0v) is 18.8. The minimum absolute atomic E-state index is 0. The van der Waals surface area contributed by atoms with E-state index in [1.54, 1.807) is 0 Å². The number of hydrogen-bond donors (Lipinski definition) is 0. The van der Waals surface area contributed by atoms with Crippen LogP contribution in [0.1, 0.15) is 18.9 Å². The molecule has 3 heteroatoms. The first-order valence-corrected chi connectivity index (χ1v) is 10.3. The molecule has 0 aromatic heterocycles. The van der Waals surface area contributed by atoms with Gasteiger partial charge in [-0.1, -0.05) is 36.4 Å². The monoisotopic (exact) mass is 464 g/mol. The van der Waals surface area contributed by atoms with Gasteiger partial charge in [0.25, 0.3) is 0 Å². The molecule has 29 heavy (non-hydrogen) atoms. The second-order valence-electron chi connectivity index (χ2n) is 6.31. The molecule has 0 amide bonds. The van der Waals surface area contributed by atoms with Gasteiger partial charge in [0.1, 0.15) is 0 Å². The molecular weight excluding hydrogens is 442 g/mol. The molecule has 0 saturated carbocycles. The first-order valence-electron chi connectivity index (χ1n) is 9.11. The summed E-state index contributed by atoms with van der Waals surface area (Å²) in [7, 11) is 0. The number of rotatable bonds is 1. The van der Waals surface area contributed by atoms with Gasteiger partial charge in [0.2, 0.25) is 0 Å². The van der Waals surface area contributed by atoms with Crippen LogP contribution in [0.25, 0.3) is 21.5 Å². The van der Waals surface area contributed by atoms with Crippen molar-refractivity contribution in [1.29, 1.82) is 0 Å². The van der Waals surface area contributed by atoms with Crippen molar-refractivity contribution in [2.45, 2.75) is 13.3 Å². The van der Waals surface area contributed by atoms with Crippen molar-refractivity contribution < 1.29 is 33.6 Å². The molecule has 0 nitrogen and oxygen atoms in total. The standard InChI is InChI=1S/C13H9.C8H8.C5H5.2FH.Zr/c1-3-7-12-10(5-1)9-11-6-2-4-8-13(11)12;1-2-8-6-4-3-5-7-8;1-2-4-5-3-1;;;/h1-9H;3-7H,1H3;1-3H,4H2;2*1H;/q-1;;-1;;;+2. The first-order chi connectivity index (χ1) is 13.3. The number of benzene rings is 3. The molecule has 0 bridgehead atoms. The molecule has 0 fully saturated rings. The molecule has 0 saturated heterocycles. The van der Waals surface area contributed by atoms with Crippen LogP contribution in [0.15, 0.2) is 103 Å². The quantitative estimate of drug-likeness (QED) is 0.263. The maximum atomic E-state index is 2.99. The average molecular weight is 466 g/mol. The Bertz CT molecular complexity index is 1020. The first kappa shape index (κ1) is 24.7. The van der Waals surface area contributed by atoms with E-state index in [-0.39, 0.29) is 9.41 Å². The van der Waals surface area contributed by atoms with E-state index in [1.807, 2.05) is 18.2 Å². The summed E-state index contributed by atoms with van der Waals surface area (Å²) in [6.07, 6.45) is 10.0. The van der Waals surface area contributed by atoms with Gasteiger partial charge in [0.15, 0.2) is 0 Å². The van der Waals surface area contributed by atoms with Crippen molar-refractivity contribution >= 4 is 24.8 Å². The van der Waals surface area contributed by atoms with Gasteiger partial charge in [-0.15, -0.1) is 46.2 Å². The van der Waals surface area contributed by atoms with Crippen LogP contribution in [0, 0.1) is 6.08 Å². The van der Waals surface area contributed by atoms with Crippen LogP contribution in [0.4, 0.5) is 9.41 Å². The third-order valence-electron chi connectivity index (χ3n) is 4.32. The minimum Gasteiger partial charge on any atom is -0.273 e. The van der Waals surface area contributed by atoms with Crippen LogP contribution in [-0.4, -0.2) is 3.21 Å². The molecule has 1 aliphatic rings. The van der Waals surface area contributed by atoms with Crippen LogP contribution < -0.4 is 0 Å². The Morgan fingerprint density at radius 2 is 1.31 bits per heavy atom. The minimum atomic E-state index is 0. The topological polar surface area (TPSA) is 0 Å². The second-order valence-corrected chi connectivity index (χ2v) is 8.16. The third kappa shape index (κ3) is 7.18. The molecular formula is C26H24F2Zr. The Morgan fingerprint density at radius 3 is 1.69 bits per heavy atom. The van der Waals surface area contributed by atoms with Gasteiger partial charge < -0.3 is 0 Å². The summed E-state index contributed by atoms with van der Waals surface area (Å²) in [5.74, 6) is 0. The van der Waals surface area contributed by atoms with Crippen molar-refractivity contribution in [3.63, 3.8) is 0 Å². The fraction of sp³-hybridized carbons (Fsp3) is 0.0769. The molecule has 5 rings (SSSR count). The fourth-order valence-corrected chi connectivity index (χ4v) is 3.34. The van der Waals surface area contributed by atoms with Crippen molar-refractivity contribution in [3.8, 4) is 0 Å². The van der Waals surface area contributed by atoms with Crippen molar-refractivity contribution in [3.05, 3.63) is 115 Å². The SMILES string of the molecule is C[C](=[Zr+2])c1ccccc1.F.F.[C-]1=CC=CC1.c1ccc2c(c1)[cH-]c1ccccc12. The Labute approximate surface area is 186 Å².